The van der Waals surface area contributed by atoms with Crippen LogP contribution < -0.4 is 0 Å². The molecule has 1 amide bonds. The van der Waals surface area contributed by atoms with Crippen LogP contribution in [-0.2, 0) is 11.3 Å². The Labute approximate surface area is 143 Å². The number of benzene rings is 1. The number of fused-ring (bicyclic) bond motifs is 1. The number of halogens is 1. The first-order valence-corrected chi connectivity index (χ1v) is 8.03. The smallest absolute Gasteiger partial charge is 0.410 e. The van der Waals surface area contributed by atoms with E-state index in [9.17, 15) is 4.79 Å². The first kappa shape index (κ1) is 15.0. The van der Waals surface area contributed by atoms with E-state index in [1.165, 1.54) is 0 Å². The minimum atomic E-state index is -0.296. The lowest BCUT2D eigenvalue weighted by Crippen LogP contribution is -2.49. The number of hydrogen-bond acceptors (Lipinski definition) is 4. The van der Waals surface area contributed by atoms with Gasteiger partial charge in [0.15, 0.2) is 5.15 Å². The minimum absolute atomic E-state index is 0.176. The highest BCUT2D eigenvalue weighted by atomic mass is 35.5. The van der Waals surface area contributed by atoms with Gasteiger partial charge in [-0.15, -0.1) is 0 Å². The van der Waals surface area contributed by atoms with Gasteiger partial charge in [0, 0.05) is 25.5 Å². The predicted molar refractivity (Wildman–Crippen MR) is 88.9 cm³/mol. The van der Waals surface area contributed by atoms with E-state index in [0.717, 1.165) is 16.9 Å². The number of likely N-dealkylation sites (tertiary alicyclic amines) is 1. The van der Waals surface area contributed by atoms with Gasteiger partial charge in [0.1, 0.15) is 17.9 Å². The first-order chi connectivity index (χ1) is 11.7. The van der Waals surface area contributed by atoms with Gasteiger partial charge >= 0.3 is 6.09 Å². The summed E-state index contributed by atoms with van der Waals surface area (Å²) in [6, 6.07) is 9.64. The summed E-state index contributed by atoms with van der Waals surface area (Å²) in [6.07, 6.45) is 4.89. The number of aromatic nitrogens is 3. The molecule has 1 aliphatic heterocycles. The molecule has 7 heteroatoms. The van der Waals surface area contributed by atoms with Gasteiger partial charge in [0.05, 0.1) is 12.1 Å². The third-order valence-corrected chi connectivity index (χ3v) is 4.44. The third kappa shape index (κ3) is 2.69. The number of rotatable bonds is 3. The lowest BCUT2D eigenvalue weighted by molar-refractivity contribution is 0.0649. The molecule has 122 valence electrons. The van der Waals surface area contributed by atoms with Gasteiger partial charge in [0.25, 0.3) is 0 Å². The molecule has 0 aliphatic carbocycles. The van der Waals surface area contributed by atoms with Crippen LogP contribution in [0.2, 0.25) is 5.15 Å². The highest BCUT2D eigenvalue weighted by Crippen LogP contribution is 2.28. The number of hydrogen-bond donors (Lipinski definition) is 0. The van der Waals surface area contributed by atoms with Crippen molar-refractivity contribution in [1.29, 1.82) is 0 Å². The quantitative estimate of drug-likeness (QED) is 0.733. The van der Waals surface area contributed by atoms with Crippen LogP contribution >= 0.6 is 11.6 Å². The summed E-state index contributed by atoms with van der Waals surface area (Å²) in [5.74, 6) is 1.07. The molecular formula is C17H15ClN4O2. The fraction of sp³-hybridized carbons (Fsp3) is 0.235. The Morgan fingerprint density at radius 3 is 2.83 bits per heavy atom. The Bertz CT molecular complexity index is 875. The number of amides is 1. The lowest BCUT2D eigenvalue weighted by Gasteiger charge is -2.37. The summed E-state index contributed by atoms with van der Waals surface area (Å²) < 4.78 is 7.26. The van der Waals surface area contributed by atoms with Crippen molar-refractivity contribution in [3.8, 4) is 0 Å². The molecule has 24 heavy (non-hydrogen) atoms. The van der Waals surface area contributed by atoms with E-state index < -0.39 is 0 Å². The van der Waals surface area contributed by atoms with E-state index in [2.05, 4.69) is 9.97 Å². The monoisotopic (exact) mass is 342 g/mol. The number of nitrogens with zero attached hydrogens (tertiary/aromatic N) is 4. The zero-order valence-corrected chi connectivity index (χ0v) is 13.6. The number of carbonyl (C=O) groups excluding carboxylic acids is 1. The van der Waals surface area contributed by atoms with Crippen LogP contribution in [0.1, 0.15) is 17.3 Å². The van der Waals surface area contributed by atoms with Crippen molar-refractivity contribution < 1.29 is 9.53 Å². The fourth-order valence-electron chi connectivity index (χ4n) is 2.82. The maximum atomic E-state index is 12.1. The first-order valence-electron chi connectivity index (χ1n) is 7.65. The van der Waals surface area contributed by atoms with E-state index in [1.54, 1.807) is 17.3 Å². The van der Waals surface area contributed by atoms with Gasteiger partial charge in [-0.25, -0.2) is 14.8 Å². The molecule has 1 aliphatic rings. The normalized spacial score (nSPS) is 14.6. The summed E-state index contributed by atoms with van der Waals surface area (Å²) in [6.45, 7) is 1.47. The predicted octanol–water partition coefficient (Wildman–Crippen LogP) is 3.12. The SMILES string of the molecule is O=C(OCc1ccccc1)N1CC(c2ncc3c(Cl)nccn23)C1. The Morgan fingerprint density at radius 1 is 1.25 bits per heavy atom. The summed E-state index contributed by atoms with van der Waals surface area (Å²) in [7, 11) is 0. The molecule has 1 saturated heterocycles. The van der Waals surface area contributed by atoms with Crippen LogP contribution in [0.5, 0.6) is 0 Å². The van der Waals surface area contributed by atoms with Crippen molar-refractivity contribution in [3.05, 3.63) is 65.5 Å². The zero-order valence-electron chi connectivity index (χ0n) is 12.8. The zero-order chi connectivity index (χ0) is 16.5. The molecule has 3 aromatic rings. The Balaban J connectivity index is 1.37. The molecule has 1 aromatic carbocycles. The molecule has 0 spiro atoms. The van der Waals surface area contributed by atoms with E-state index >= 15 is 0 Å². The second-order valence-electron chi connectivity index (χ2n) is 5.73. The van der Waals surface area contributed by atoms with Crippen LogP contribution in [-0.4, -0.2) is 38.5 Å². The number of carbonyl (C=O) groups is 1. The fourth-order valence-corrected chi connectivity index (χ4v) is 3.02. The number of ether oxygens (including phenoxy) is 1. The lowest BCUT2D eigenvalue weighted by atomic mass is 10.0. The van der Waals surface area contributed by atoms with Crippen LogP contribution in [0, 0.1) is 0 Å². The summed E-state index contributed by atoms with van der Waals surface area (Å²) in [4.78, 5) is 22.2. The van der Waals surface area contributed by atoms with E-state index in [-0.39, 0.29) is 18.6 Å². The van der Waals surface area contributed by atoms with Crippen molar-refractivity contribution in [3.63, 3.8) is 0 Å². The van der Waals surface area contributed by atoms with Crippen LogP contribution in [0.3, 0.4) is 0 Å². The Hall–Kier alpha value is -2.60. The molecule has 2 aromatic heterocycles. The van der Waals surface area contributed by atoms with Crippen LogP contribution in [0.25, 0.3) is 5.52 Å². The molecule has 0 unspecified atom stereocenters. The van der Waals surface area contributed by atoms with Crippen LogP contribution in [0.4, 0.5) is 4.79 Å². The second kappa shape index (κ2) is 6.13. The van der Waals surface area contributed by atoms with Crippen molar-refractivity contribution in [2.75, 3.05) is 13.1 Å². The minimum Gasteiger partial charge on any atom is -0.445 e. The maximum absolute atomic E-state index is 12.1. The van der Waals surface area contributed by atoms with Gasteiger partial charge < -0.3 is 9.64 Å². The van der Waals surface area contributed by atoms with Crippen molar-refractivity contribution in [2.24, 2.45) is 0 Å². The molecule has 0 bridgehead atoms. The highest BCUT2D eigenvalue weighted by Gasteiger charge is 2.35. The molecule has 1 fully saturated rings. The second-order valence-corrected chi connectivity index (χ2v) is 6.09. The molecular weight excluding hydrogens is 328 g/mol. The molecule has 0 atom stereocenters. The van der Waals surface area contributed by atoms with Crippen molar-refractivity contribution in [2.45, 2.75) is 12.5 Å². The van der Waals surface area contributed by atoms with E-state index in [4.69, 9.17) is 16.3 Å². The molecule has 6 nitrogen and oxygen atoms in total. The Morgan fingerprint density at radius 2 is 2.04 bits per heavy atom. The van der Waals surface area contributed by atoms with E-state index in [1.807, 2.05) is 40.9 Å². The summed E-state index contributed by atoms with van der Waals surface area (Å²) in [5.41, 5.74) is 1.75. The van der Waals surface area contributed by atoms with Gasteiger partial charge in [-0.3, -0.25) is 4.40 Å². The summed E-state index contributed by atoms with van der Waals surface area (Å²) in [5, 5.41) is 0.426. The standard InChI is InChI=1S/C17H15ClN4O2/c18-15-14-8-20-16(22(14)7-6-19-15)13-9-21(10-13)17(23)24-11-12-4-2-1-3-5-12/h1-8,13H,9-11H2. The van der Waals surface area contributed by atoms with Gasteiger partial charge in [-0.2, -0.15) is 0 Å². The topological polar surface area (TPSA) is 59.7 Å². The van der Waals surface area contributed by atoms with Gasteiger partial charge in [-0.1, -0.05) is 41.9 Å². The highest BCUT2D eigenvalue weighted by molar-refractivity contribution is 6.32. The maximum Gasteiger partial charge on any atom is 0.410 e. The van der Waals surface area contributed by atoms with Crippen molar-refractivity contribution in [1.82, 2.24) is 19.3 Å². The van der Waals surface area contributed by atoms with Crippen molar-refractivity contribution >= 4 is 23.2 Å². The third-order valence-electron chi connectivity index (χ3n) is 4.15. The summed E-state index contributed by atoms with van der Waals surface area (Å²) >= 11 is 6.06. The molecule has 3 heterocycles. The van der Waals surface area contributed by atoms with Crippen LogP contribution in [0.15, 0.2) is 48.9 Å². The van der Waals surface area contributed by atoms with Gasteiger partial charge in [-0.05, 0) is 5.56 Å². The van der Waals surface area contributed by atoms with Gasteiger partial charge in [0.2, 0.25) is 0 Å². The average molecular weight is 343 g/mol. The average Bonchev–Trinajstić information content (AvgIpc) is 2.98. The molecule has 0 N–H and O–H groups in total. The molecule has 0 saturated carbocycles. The Kier molecular flexibility index (Phi) is 3.82. The molecule has 0 radical (unpaired) electrons. The number of imidazole rings is 1. The van der Waals surface area contributed by atoms with E-state index in [0.29, 0.717) is 18.2 Å². The molecule has 4 rings (SSSR count). The largest absolute Gasteiger partial charge is 0.445 e.